The molecule has 0 spiro atoms. The van der Waals surface area contributed by atoms with E-state index in [2.05, 4.69) is 39.6 Å². The van der Waals surface area contributed by atoms with Crippen molar-refractivity contribution in [3.63, 3.8) is 0 Å². The van der Waals surface area contributed by atoms with Crippen LogP contribution >= 0.6 is 0 Å². The van der Waals surface area contributed by atoms with Gasteiger partial charge in [-0.25, -0.2) is 0 Å². The smallest absolute Gasteiger partial charge is 0.309 e. The molecule has 2 unspecified atom stereocenters. The number of carbonyl (C=O) groups excluding carboxylic acids is 3. The van der Waals surface area contributed by atoms with Crippen LogP contribution in [0.15, 0.2) is 0 Å². The van der Waals surface area contributed by atoms with Gasteiger partial charge in [-0.2, -0.15) is 0 Å². The third-order valence-electron chi connectivity index (χ3n) is 14.2. The first-order chi connectivity index (χ1) is 31.2. The fourth-order valence-corrected chi connectivity index (χ4v) is 9.60. The Kier molecular flexibility index (Phi) is 40.2. The van der Waals surface area contributed by atoms with E-state index in [0.29, 0.717) is 26.2 Å². The lowest BCUT2D eigenvalue weighted by molar-refractivity contribution is -0.150. The quantitative estimate of drug-likeness (QED) is 0.0366. The third-order valence-corrected chi connectivity index (χ3v) is 14.2. The van der Waals surface area contributed by atoms with E-state index >= 15 is 0 Å². The number of esters is 3. The molecule has 1 rings (SSSR count). The Labute approximate surface area is 396 Å². The number of aliphatic hydroxyl groups is 1. The average Bonchev–Trinajstić information content (AvgIpc) is 3.29. The maximum absolute atomic E-state index is 13.1. The van der Waals surface area contributed by atoms with Gasteiger partial charge in [0.2, 0.25) is 0 Å². The van der Waals surface area contributed by atoms with Gasteiger partial charge in [0.1, 0.15) is 0 Å². The Balaban J connectivity index is 2.55. The van der Waals surface area contributed by atoms with E-state index in [-0.39, 0.29) is 35.7 Å². The summed E-state index contributed by atoms with van der Waals surface area (Å²) in [6.45, 7) is 12.3. The SMILES string of the molecule is CCCCCCCCC(CCCCCC)C(=O)OCCCCCCC(O)(CCCCCCOC(=O)C(CCCCCC)CCCCCCCC)CCCCOC(=O)C1CCN(C)CC1. The van der Waals surface area contributed by atoms with Crippen LogP contribution in [0, 0.1) is 17.8 Å². The number of rotatable bonds is 46. The summed E-state index contributed by atoms with van der Waals surface area (Å²) in [5.74, 6) is 0.0796. The van der Waals surface area contributed by atoms with E-state index in [1.165, 1.54) is 103 Å². The van der Waals surface area contributed by atoms with Gasteiger partial charge in [-0.1, -0.05) is 195 Å². The van der Waals surface area contributed by atoms with Gasteiger partial charge in [0, 0.05) is 0 Å². The highest BCUT2D eigenvalue weighted by Gasteiger charge is 2.27. The molecule has 2 atom stereocenters. The highest BCUT2D eigenvalue weighted by molar-refractivity contribution is 5.73. The van der Waals surface area contributed by atoms with Crippen molar-refractivity contribution >= 4 is 17.9 Å². The Morgan fingerprint density at radius 1 is 0.453 bits per heavy atom. The molecular weight excluding hydrogens is 799 g/mol. The number of unbranched alkanes of at least 4 members (excludes halogenated alkanes) is 23. The second-order valence-corrected chi connectivity index (χ2v) is 20.3. The van der Waals surface area contributed by atoms with Gasteiger partial charge in [0.05, 0.1) is 43.2 Å². The van der Waals surface area contributed by atoms with E-state index < -0.39 is 5.60 Å². The van der Waals surface area contributed by atoms with Crippen molar-refractivity contribution in [3.05, 3.63) is 0 Å². The molecular formula is C56H107NO7. The molecule has 1 aliphatic heterocycles. The molecule has 64 heavy (non-hydrogen) atoms. The minimum atomic E-state index is -0.736. The van der Waals surface area contributed by atoms with Crippen LogP contribution in [0.3, 0.4) is 0 Å². The molecule has 0 aromatic heterocycles. The molecule has 1 N–H and O–H groups in total. The number of ether oxygens (including phenoxy) is 3. The van der Waals surface area contributed by atoms with Crippen LogP contribution in [-0.2, 0) is 28.6 Å². The van der Waals surface area contributed by atoms with Gasteiger partial charge >= 0.3 is 17.9 Å². The van der Waals surface area contributed by atoms with Crippen molar-refractivity contribution in [2.24, 2.45) is 17.8 Å². The normalized spacial score (nSPS) is 15.5. The van der Waals surface area contributed by atoms with Crippen molar-refractivity contribution in [2.45, 2.75) is 284 Å². The van der Waals surface area contributed by atoms with Crippen LogP contribution in [0.2, 0.25) is 0 Å². The fourth-order valence-electron chi connectivity index (χ4n) is 9.60. The summed E-state index contributed by atoms with van der Waals surface area (Å²) in [4.78, 5) is 41.2. The zero-order chi connectivity index (χ0) is 46.8. The van der Waals surface area contributed by atoms with Gasteiger partial charge in [-0.15, -0.1) is 0 Å². The number of nitrogens with zero attached hydrogens (tertiary/aromatic N) is 1. The van der Waals surface area contributed by atoms with Gasteiger partial charge in [-0.05, 0) is 104 Å². The molecule has 0 aromatic rings. The largest absolute Gasteiger partial charge is 0.465 e. The van der Waals surface area contributed by atoms with Crippen LogP contribution in [0.4, 0.5) is 0 Å². The van der Waals surface area contributed by atoms with Crippen LogP contribution in [-0.4, -0.2) is 73.5 Å². The molecule has 0 radical (unpaired) electrons. The minimum absolute atomic E-state index is 0.0140. The molecule has 0 bridgehead atoms. The van der Waals surface area contributed by atoms with Crippen LogP contribution in [0.5, 0.6) is 0 Å². The second kappa shape index (κ2) is 42.7. The summed E-state index contributed by atoms with van der Waals surface area (Å²) in [5.41, 5.74) is -0.736. The Morgan fingerprint density at radius 3 is 1.16 bits per heavy atom. The van der Waals surface area contributed by atoms with Gasteiger partial charge in [-0.3, -0.25) is 14.4 Å². The highest BCUT2D eigenvalue weighted by atomic mass is 16.5. The second-order valence-electron chi connectivity index (χ2n) is 20.3. The Bertz CT molecular complexity index is 1020. The first-order valence-electron chi connectivity index (χ1n) is 28.1. The molecule has 0 aliphatic carbocycles. The summed E-state index contributed by atoms with van der Waals surface area (Å²) >= 11 is 0. The zero-order valence-electron chi connectivity index (χ0n) is 43.2. The standard InChI is InChI=1S/C56H107NO7/c1-6-10-14-18-20-28-38-50(36-26-16-12-8-3)53(58)62-47-33-24-22-30-42-56(61,44-32-35-49-64-55(60)52-40-45-57(5)46-41-52)43-31-23-25-34-48-63-54(59)51(37-27-17-13-9-4)39-29-21-19-15-11-7-2/h50-52,61H,6-49H2,1-5H3. The predicted molar refractivity (Wildman–Crippen MR) is 269 cm³/mol. The van der Waals surface area contributed by atoms with Crippen LogP contribution < -0.4 is 0 Å². The maximum Gasteiger partial charge on any atom is 0.309 e. The molecule has 0 amide bonds. The highest BCUT2D eigenvalue weighted by Crippen LogP contribution is 2.29. The van der Waals surface area contributed by atoms with Crippen molar-refractivity contribution in [1.29, 1.82) is 0 Å². The maximum atomic E-state index is 13.1. The van der Waals surface area contributed by atoms with Gasteiger partial charge in [0.25, 0.3) is 0 Å². The van der Waals surface area contributed by atoms with Crippen molar-refractivity contribution in [2.75, 3.05) is 40.0 Å². The van der Waals surface area contributed by atoms with Crippen molar-refractivity contribution in [1.82, 2.24) is 4.90 Å². The lowest BCUT2D eigenvalue weighted by Crippen LogP contribution is -2.34. The number of likely N-dealkylation sites (tertiary alicyclic amines) is 1. The van der Waals surface area contributed by atoms with E-state index in [1.807, 2.05) is 0 Å². The molecule has 8 heteroatoms. The van der Waals surface area contributed by atoms with E-state index in [4.69, 9.17) is 14.2 Å². The van der Waals surface area contributed by atoms with Crippen LogP contribution in [0.25, 0.3) is 0 Å². The monoisotopic (exact) mass is 906 g/mol. The van der Waals surface area contributed by atoms with Gasteiger partial charge in [0.15, 0.2) is 0 Å². The van der Waals surface area contributed by atoms with E-state index in [9.17, 15) is 19.5 Å². The van der Waals surface area contributed by atoms with Gasteiger partial charge < -0.3 is 24.2 Å². The molecule has 8 nitrogen and oxygen atoms in total. The van der Waals surface area contributed by atoms with Crippen molar-refractivity contribution in [3.8, 4) is 0 Å². The minimum Gasteiger partial charge on any atom is -0.465 e. The van der Waals surface area contributed by atoms with E-state index in [0.717, 1.165) is 154 Å². The number of hydrogen-bond donors (Lipinski definition) is 1. The third kappa shape index (κ3) is 33.7. The molecule has 1 heterocycles. The summed E-state index contributed by atoms with van der Waals surface area (Å²) in [5, 5.41) is 11.9. The molecule has 1 saturated heterocycles. The molecule has 1 fully saturated rings. The Morgan fingerprint density at radius 2 is 0.750 bits per heavy atom. The molecule has 1 aliphatic rings. The fraction of sp³-hybridized carbons (Fsp3) is 0.946. The average molecular weight is 906 g/mol. The van der Waals surface area contributed by atoms with E-state index in [1.54, 1.807) is 0 Å². The predicted octanol–water partition coefficient (Wildman–Crippen LogP) is 15.4. The first kappa shape index (κ1) is 60.3. The molecule has 0 saturated carbocycles. The summed E-state index contributed by atoms with van der Waals surface area (Å²) < 4.78 is 17.4. The summed E-state index contributed by atoms with van der Waals surface area (Å²) in [6, 6.07) is 0. The molecule has 0 aromatic carbocycles. The number of hydrogen-bond acceptors (Lipinski definition) is 8. The summed E-state index contributed by atoms with van der Waals surface area (Å²) in [6.07, 6.45) is 41.5. The van der Waals surface area contributed by atoms with Crippen LogP contribution in [0.1, 0.15) is 278 Å². The lowest BCUT2D eigenvalue weighted by atomic mass is 9.85. The first-order valence-corrected chi connectivity index (χ1v) is 28.1. The molecule has 378 valence electrons. The zero-order valence-corrected chi connectivity index (χ0v) is 43.2. The number of carbonyl (C=O) groups is 3. The number of piperidine rings is 1. The Hall–Kier alpha value is -1.67. The van der Waals surface area contributed by atoms with Crippen molar-refractivity contribution < 1.29 is 33.7 Å². The lowest BCUT2D eigenvalue weighted by Gasteiger charge is -2.29. The summed E-state index contributed by atoms with van der Waals surface area (Å²) in [7, 11) is 2.10. The topological polar surface area (TPSA) is 102 Å².